The van der Waals surface area contributed by atoms with Crippen LogP contribution in [0.25, 0.3) is 11.4 Å². The summed E-state index contributed by atoms with van der Waals surface area (Å²) in [6.07, 6.45) is 2.59. The predicted octanol–water partition coefficient (Wildman–Crippen LogP) is 4.99. The van der Waals surface area contributed by atoms with E-state index in [1.807, 2.05) is 44.2 Å². The van der Waals surface area contributed by atoms with E-state index in [1.165, 1.54) is 0 Å². The topological polar surface area (TPSA) is 79.5 Å². The zero-order valence-electron chi connectivity index (χ0n) is 18.8. The summed E-state index contributed by atoms with van der Waals surface area (Å²) in [5, 5.41) is 4.69. The molecular weight excluding hydrogens is 440 g/mol. The lowest BCUT2D eigenvalue weighted by atomic mass is 10.0. The largest absolute Gasteiger partial charge is 0.337 e. The molecular formula is C25H27ClN4O3. The Morgan fingerprint density at radius 3 is 2.67 bits per heavy atom. The van der Waals surface area contributed by atoms with Gasteiger partial charge in [0.05, 0.1) is 0 Å². The van der Waals surface area contributed by atoms with Crippen molar-refractivity contribution >= 4 is 23.4 Å². The van der Waals surface area contributed by atoms with Gasteiger partial charge in [-0.1, -0.05) is 47.1 Å². The van der Waals surface area contributed by atoms with Gasteiger partial charge in [-0.15, -0.1) is 0 Å². The lowest BCUT2D eigenvalue weighted by Crippen LogP contribution is -2.48. The van der Waals surface area contributed by atoms with Crippen LogP contribution in [0.3, 0.4) is 0 Å². The molecule has 1 fully saturated rings. The lowest BCUT2D eigenvalue weighted by molar-refractivity contribution is -0.136. The Kier molecular flexibility index (Phi) is 7.08. The number of amides is 2. The van der Waals surface area contributed by atoms with E-state index >= 15 is 0 Å². The van der Waals surface area contributed by atoms with E-state index in [-0.39, 0.29) is 30.4 Å². The fourth-order valence-corrected chi connectivity index (χ4v) is 4.26. The molecule has 4 rings (SSSR count). The van der Waals surface area contributed by atoms with Gasteiger partial charge in [0, 0.05) is 28.7 Å². The van der Waals surface area contributed by atoms with E-state index in [2.05, 4.69) is 10.1 Å². The number of rotatable bonds is 6. The molecule has 172 valence electrons. The summed E-state index contributed by atoms with van der Waals surface area (Å²) in [5.74, 6) is 0.561. The third kappa shape index (κ3) is 5.25. The molecule has 0 radical (unpaired) electrons. The van der Waals surface area contributed by atoms with Crippen LogP contribution in [0.5, 0.6) is 0 Å². The van der Waals surface area contributed by atoms with Crippen molar-refractivity contribution in [2.24, 2.45) is 0 Å². The van der Waals surface area contributed by atoms with Gasteiger partial charge in [0.25, 0.3) is 5.91 Å². The fourth-order valence-electron chi connectivity index (χ4n) is 4.07. The van der Waals surface area contributed by atoms with Crippen LogP contribution in [0.2, 0.25) is 5.02 Å². The third-order valence-electron chi connectivity index (χ3n) is 5.84. The number of carbonyl (C=O) groups excluding carboxylic acids is 2. The van der Waals surface area contributed by atoms with Crippen LogP contribution in [0.1, 0.15) is 55.4 Å². The zero-order chi connectivity index (χ0) is 23.4. The van der Waals surface area contributed by atoms with Crippen molar-refractivity contribution in [1.29, 1.82) is 0 Å². The van der Waals surface area contributed by atoms with E-state index < -0.39 is 0 Å². The van der Waals surface area contributed by atoms with Crippen molar-refractivity contribution < 1.29 is 14.1 Å². The van der Waals surface area contributed by atoms with E-state index in [1.54, 1.807) is 34.1 Å². The Morgan fingerprint density at radius 1 is 1.15 bits per heavy atom. The fraction of sp³-hybridized carbons (Fsp3) is 0.360. The number of piperidine rings is 1. The maximum atomic E-state index is 13.4. The molecule has 2 aromatic carbocycles. The lowest BCUT2D eigenvalue weighted by Gasteiger charge is -2.36. The Hall–Kier alpha value is -3.19. The molecule has 1 atom stereocenters. The van der Waals surface area contributed by atoms with E-state index in [4.69, 9.17) is 16.1 Å². The molecule has 1 unspecified atom stereocenters. The number of hydrogen-bond donors (Lipinski definition) is 0. The van der Waals surface area contributed by atoms with Crippen molar-refractivity contribution in [3.05, 3.63) is 71.1 Å². The molecule has 0 spiro atoms. The number of carbonyl (C=O) groups is 2. The quantitative estimate of drug-likeness (QED) is 0.511. The number of likely N-dealkylation sites (tertiary alicyclic amines) is 1. The molecule has 8 heteroatoms. The first-order valence-electron chi connectivity index (χ1n) is 11.2. The van der Waals surface area contributed by atoms with Gasteiger partial charge in [-0.3, -0.25) is 9.59 Å². The summed E-state index contributed by atoms with van der Waals surface area (Å²) in [6.45, 7) is 4.41. The predicted molar refractivity (Wildman–Crippen MR) is 126 cm³/mol. The maximum absolute atomic E-state index is 13.4. The van der Waals surface area contributed by atoms with Gasteiger partial charge in [0.2, 0.25) is 17.6 Å². The SMILES string of the molecule is CC(C)N(CC(=O)N1CCCCC1c1nc(-c2cccc(Cl)c2)no1)C(=O)c1ccccc1. The summed E-state index contributed by atoms with van der Waals surface area (Å²) < 4.78 is 5.57. The van der Waals surface area contributed by atoms with E-state index in [0.717, 1.165) is 24.8 Å². The highest BCUT2D eigenvalue weighted by atomic mass is 35.5. The zero-order valence-corrected chi connectivity index (χ0v) is 19.5. The smallest absolute Gasteiger partial charge is 0.254 e. The molecule has 0 saturated carbocycles. The first kappa shape index (κ1) is 23.0. The molecule has 1 aromatic heterocycles. The Labute approximate surface area is 198 Å². The van der Waals surface area contributed by atoms with Crippen LogP contribution in [0.15, 0.2) is 59.1 Å². The summed E-state index contributed by atoms with van der Waals surface area (Å²) in [4.78, 5) is 34.4. The number of benzene rings is 2. The van der Waals surface area contributed by atoms with Crippen molar-refractivity contribution in [2.45, 2.75) is 45.2 Å². The van der Waals surface area contributed by atoms with Crippen LogP contribution in [0.4, 0.5) is 0 Å². The Bertz CT molecular complexity index is 1120. The standard InChI is InChI=1S/C25H27ClN4O3/c1-17(2)30(25(32)18-9-4-3-5-10-18)16-22(31)29-14-7-6-13-21(29)24-27-23(28-33-24)19-11-8-12-20(26)15-19/h3-5,8-12,15,17,21H,6-7,13-14,16H2,1-2H3. The highest BCUT2D eigenvalue weighted by molar-refractivity contribution is 6.30. The van der Waals surface area contributed by atoms with Gasteiger partial charge in [-0.25, -0.2) is 0 Å². The Morgan fingerprint density at radius 2 is 1.94 bits per heavy atom. The van der Waals surface area contributed by atoms with E-state index in [0.29, 0.717) is 28.8 Å². The molecule has 7 nitrogen and oxygen atoms in total. The average molecular weight is 467 g/mol. The van der Waals surface area contributed by atoms with Crippen molar-refractivity contribution in [1.82, 2.24) is 19.9 Å². The van der Waals surface area contributed by atoms with Crippen LogP contribution in [0, 0.1) is 0 Å². The van der Waals surface area contributed by atoms with Gasteiger partial charge >= 0.3 is 0 Å². The molecule has 1 saturated heterocycles. The van der Waals surface area contributed by atoms with Gasteiger partial charge in [-0.2, -0.15) is 4.98 Å². The van der Waals surface area contributed by atoms with Crippen LogP contribution >= 0.6 is 11.6 Å². The second-order valence-electron chi connectivity index (χ2n) is 8.46. The molecule has 0 bridgehead atoms. The Balaban J connectivity index is 1.53. The first-order valence-corrected chi connectivity index (χ1v) is 11.6. The summed E-state index contributed by atoms with van der Waals surface area (Å²) in [5.41, 5.74) is 1.32. The minimum absolute atomic E-state index is 0.00280. The number of hydrogen-bond acceptors (Lipinski definition) is 5. The summed E-state index contributed by atoms with van der Waals surface area (Å²) in [7, 11) is 0. The number of aromatic nitrogens is 2. The number of nitrogens with zero attached hydrogens (tertiary/aromatic N) is 4. The molecule has 3 aromatic rings. The highest BCUT2D eigenvalue weighted by Gasteiger charge is 2.34. The normalized spacial score (nSPS) is 16.1. The highest BCUT2D eigenvalue weighted by Crippen LogP contribution is 2.32. The number of halogens is 1. The van der Waals surface area contributed by atoms with Crippen molar-refractivity contribution in [3.8, 4) is 11.4 Å². The molecule has 33 heavy (non-hydrogen) atoms. The van der Waals surface area contributed by atoms with Crippen molar-refractivity contribution in [3.63, 3.8) is 0 Å². The monoisotopic (exact) mass is 466 g/mol. The molecule has 1 aliphatic heterocycles. The first-order chi connectivity index (χ1) is 15.9. The molecule has 0 aliphatic carbocycles. The van der Waals surface area contributed by atoms with Gasteiger partial charge in [0.15, 0.2) is 0 Å². The molecule has 2 heterocycles. The summed E-state index contributed by atoms with van der Waals surface area (Å²) >= 11 is 6.09. The average Bonchev–Trinajstić information content (AvgIpc) is 3.33. The van der Waals surface area contributed by atoms with E-state index in [9.17, 15) is 9.59 Å². The van der Waals surface area contributed by atoms with Crippen LogP contribution in [-0.4, -0.2) is 50.9 Å². The minimum Gasteiger partial charge on any atom is -0.337 e. The van der Waals surface area contributed by atoms with Gasteiger partial charge < -0.3 is 14.3 Å². The third-order valence-corrected chi connectivity index (χ3v) is 6.08. The van der Waals surface area contributed by atoms with Crippen molar-refractivity contribution in [2.75, 3.05) is 13.1 Å². The summed E-state index contributed by atoms with van der Waals surface area (Å²) in [6, 6.07) is 15.8. The van der Waals surface area contributed by atoms with Gasteiger partial charge in [-0.05, 0) is 57.4 Å². The van der Waals surface area contributed by atoms with Gasteiger partial charge in [0.1, 0.15) is 12.6 Å². The molecule has 2 amide bonds. The second-order valence-corrected chi connectivity index (χ2v) is 8.89. The molecule has 0 N–H and O–H groups in total. The van der Waals surface area contributed by atoms with Crippen LogP contribution in [-0.2, 0) is 4.79 Å². The second kappa shape index (κ2) is 10.2. The minimum atomic E-state index is -0.312. The maximum Gasteiger partial charge on any atom is 0.254 e. The van der Waals surface area contributed by atoms with Crippen LogP contribution < -0.4 is 0 Å². The molecule has 1 aliphatic rings.